The van der Waals surface area contributed by atoms with Gasteiger partial charge in [0.15, 0.2) is 0 Å². The third-order valence-corrected chi connectivity index (χ3v) is 5.54. The number of hydrogen-bond donors (Lipinski definition) is 1. The van der Waals surface area contributed by atoms with E-state index in [-0.39, 0.29) is 11.8 Å². The number of carbonyl (C=O) groups excluding carboxylic acids is 1. The standard InChI is InChI=1S/C20H23Cl2NO/c21-14-11-12-18(17(22)13-14)23-20(24)19-15-9-7-5-3-1-2-4-6-8-10-16(15)19/h3-6,11-13,15-16,19H,1-2,7-10H2,(H,23,24)/b5-3-,6-4+/t15-,16+,19?/m0/s1. The van der Waals surface area contributed by atoms with E-state index < -0.39 is 0 Å². The first-order valence-corrected chi connectivity index (χ1v) is 9.48. The van der Waals surface area contributed by atoms with Crippen LogP contribution in [0.3, 0.4) is 0 Å². The SMILES string of the molecule is O=C(Nc1ccc(Cl)cc1Cl)C1[C@H]2CC/C=C\CC/C=C/CC[C@@H]12. The van der Waals surface area contributed by atoms with Crippen LogP contribution in [0.1, 0.15) is 38.5 Å². The molecule has 3 rings (SSSR count). The van der Waals surface area contributed by atoms with Crippen LogP contribution < -0.4 is 5.32 Å². The summed E-state index contributed by atoms with van der Waals surface area (Å²) in [4.78, 5) is 12.7. The van der Waals surface area contributed by atoms with Gasteiger partial charge in [-0.3, -0.25) is 4.79 Å². The monoisotopic (exact) mass is 363 g/mol. The van der Waals surface area contributed by atoms with Gasteiger partial charge in [0.05, 0.1) is 10.7 Å². The summed E-state index contributed by atoms with van der Waals surface area (Å²) < 4.78 is 0. The lowest BCUT2D eigenvalue weighted by Crippen LogP contribution is -2.16. The maximum absolute atomic E-state index is 12.7. The normalized spacial score (nSPS) is 29.5. The molecule has 0 aromatic heterocycles. The number of nitrogens with one attached hydrogen (secondary N) is 1. The van der Waals surface area contributed by atoms with Crippen molar-refractivity contribution in [3.05, 3.63) is 52.5 Å². The minimum Gasteiger partial charge on any atom is -0.325 e. The van der Waals surface area contributed by atoms with Gasteiger partial charge in [0.1, 0.15) is 0 Å². The molecular weight excluding hydrogens is 341 g/mol. The number of halogens is 2. The summed E-state index contributed by atoms with van der Waals surface area (Å²) in [7, 11) is 0. The Morgan fingerprint density at radius 3 is 2.08 bits per heavy atom. The maximum Gasteiger partial charge on any atom is 0.228 e. The Morgan fingerprint density at radius 2 is 1.50 bits per heavy atom. The van der Waals surface area contributed by atoms with Crippen LogP contribution in [-0.4, -0.2) is 5.91 Å². The number of carbonyl (C=O) groups is 1. The summed E-state index contributed by atoms with van der Waals surface area (Å²) in [6, 6.07) is 5.17. The predicted molar refractivity (Wildman–Crippen MR) is 102 cm³/mol. The van der Waals surface area contributed by atoms with E-state index in [1.54, 1.807) is 18.2 Å². The van der Waals surface area contributed by atoms with E-state index in [4.69, 9.17) is 23.2 Å². The van der Waals surface area contributed by atoms with Gasteiger partial charge in [-0.15, -0.1) is 0 Å². The first-order chi connectivity index (χ1) is 11.7. The minimum absolute atomic E-state index is 0.0945. The van der Waals surface area contributed by atoms with Gasteiger partial charge < -0.3 is 5.32 Å². The molecule has 0 spiro atoms. The molecule has 1 unspecified atom stereocenters. The second-order valence-electron chi connectivity index (χ2n) is 6.64. The molecule has 2 nitrogen and oxygen atoms in total. The molecule has 3 atom stereocenters. The molecule has 1 amide bonds. The molecule has 1 saturated carbocycles. The lowest BCUT2D eigenvalue weighted by atomic mass is 10.1. The van der Waals surface area contributed by atoms with Crippen LogP contribution in [0.2, 0.25) is 10.0 Å². The van der Waals surface area contributed by atoms with E-state index >= 15 is 0 Å². The average Bonchev–Trinajstić information content (AvgIpc) is 3.22. The third-order valence-electron chi connectivity index (χ3n) is 4.99. The molecule has 0 heterocycles. The number of amides is 1. The second kappa shape index (κ2) is 8.22. The summed E-state index contributed by atoms with van der Waals surface area (Å²) in [5.41, 5.74) is 0.646. The zero-order valence-corrected chi connectivity index (χ0v) is 15.2. The number of benzene rings is 1. The van der Waals surface area contributed by atoms with Gasteiger partial charge in [0.2, 0.25) is 5.91 Å². The molecule has 2 aliphatic carbocycles. The first kappa shape index (κ1) is 17.6. The highest BCUT2D eigenvalue weighted by Crippen LogP contribution is 2.52. The summed E-state index contributed by atoms with van der Waals surface area (Å²) >= 11 is 12.1. The number of fused-ring (bicyclic) bond motifs is 1. The molecule has 0 aliphatic heterocycles. The summed E-state index contributed by atoms with van der Waals surface area (Å²) in [6.07, 6.45) is 15.6. The summed E-state index contributed by atoms with van der Waals surface area (Å²) in [6.45, 7) is 0. The van der Waals surface area contributed by atoms with Gasteiger partial charge in [0, 0.05) is 10.9 Å². The highest BCUT2D eigenvalue weighted by Gasteiger charge is 2.52. The van der Waals surface area contributed by atoms with E-state index in [1.165, 1.54) is 0 Å². The van der Waals surface area contributed by atoms with E-state index in [1.807, 2.05) is 0 Å². The van der Waals surface area contributed by atoms with Crippen molar-refractivity contribution in [2.75, 3.05) is 5.32 Å². The van der Waals surface area contributed by atoms with Crippen molar-refractivity contribution in [2.24, 2.45) is 17.8 Å². The molecule has 1 fully saturated rings. The molecule has 4 heteroatoms. The van der Waals surface area contributed by atoms with Crippen LogP contribution >= 0.6 is 23.2 Å². The van der Waals surface area contributed by atoms with E-state index in [0.717, 1.165) is 38.5 Å². The topological polar surface area (TPSA) is 29.1 Å². The molecule has 0 radical (unpaired) electrons. The van der Waals surface area contributed by atoms with Crippen LogP contribution in [0.4, 0.5) is 5.69 Å². The minimum atomic E-state index is 0.0945. The van der Waals surface area contributed by atoms with Crippen molar-refractivity contribution in [1.82, 2.24) is 0 Å². The number of hydrogen-bond acceptors (Lipinski definition) is 1. The molecule has 0 saturated heterocycles. The summed E-state index contributed by atoms with van der Waals surface area (Å²) in [5.74, 6) is 1.19. The van der Waals surface area contributed by atoms with Crippen molar-refractivity contribution in [3.63, 3.8) is 0 Å². The zero-order chi connectivity index (χ0) is 16.9. The number of allylic oxidation sites excluding steroid dienone is 4. The first-order valence-electron chi connectivity index (χ1n) is 8.72. The number of anilines is 1. The average molecular weight is 364 g/mol. The Bertz CT molecular complexity index is 629. The smallest absolute Gasteiger partial charge is 0.228 e. The Labute approximate surface area is 153 Å². The quantitative estimate of drug-likeness (QED) is 0.617. The van der Waals surface area contributed by atoms with E-state index in [2.05, 4.69) is 29.6 Å². The van der Waals surface area contributed by atoms with Gasteiger partial charge in [-0.1, -0.05) is 47.5 Å². The maximum atomic E-state index is 12.7. The lowest BCUT2D eigenvalue weighted by Gasteiger charge is -2.07. The molecular formula is C20H23Cl2NO. The molecule has 24 heavy (non-hydrogen) atoms. The second-order valence-corrected chi connectivity index (χ2v) is 7.49. The molecule has 1 aromatic carbocycles. The Morgan fingerprint density at radius 1 is 0.917 bits per heavy atom. The van der Waals surface area contributed by atoms with Crippen molar-refractivity contribution in [2.45, 2.75) is 38.5 Å². The molecule has 128 valence electrons. The van der Waals surface area contributed by atoms with Gasteiger partial charge in [-0.25, -0.2) is 0 Å². The van der Waals surface area contributed by atoms with Crippen LogP contribution in [-0.2, 0) is 4.79 Å². The molecule has 0 bridgehead atoms. The van der Waals surface area contributed by atoms with Gasteiger partial charge in [-0.2, -0.15) is 0 Å². The fraction of sp³-hybridized carbons (Fsp3) is 0.450. The fourth-order valence-electron chi connectivity index (χ4n) is 3.67. The summed E-state index contributed by atoms with van der Waals surface area (Å²) in [5, 5.41) is 4.05. The number of rotatable bonds is 2. The lowest BCUT2D eigenvalue weighted by molar-refractivity contribution is -0.117. The van der Waals surface area contributed by atoms with Crippen molar-refractivity contribution in [1.29, 1.82) is 0 Å². The van der Waals surface area contributed by atoms with Crippen molar-refractivity contribution < 1.29 is 4.79 Å². The van der Waals surface area contributed by atoms with E-state index in [0.29, 0.717) is 27.6 Å². The van der Waals surface area contributed by atoms with Crippen LogP contribution in [0, 0.1) is 17.8 Å². The van der Waals surface area contributed by atoms with Gasteiger partial charge >= 0.3 is 0 Å². The zero-order valence-electron chi connectivity index (χ0n) is 13.7. The Balaban J connectivity index is 1.64. The van der Waals surface area contributed by atoms with Crippen LogP contribution in [0.25, 0.3) is 0 Å². The van der Waals surface area contributed by atoms with Crippen molar-refractivity contribution >= 4 is 34.8 Å². The van der Waals surface area contributed by atoms with Crippen LogP contribution in [0.15, 0.2) is 42.5 Å². The third kappa shape index (κ3) is 4.43. The molecule has 1 aromatic rings. The Hall–Kier alpha value is -1.25. The van der Waals surface area contributed by atoms with E-state index in [9.17, 15) is 4.79 Å². The van der Waals surface area contributed by atoms with Crippen LogP contribution in [0.5, 0.6) is 0 Å². The Kier molecular flexibility index (Phi) is 6.02. The highest BCUT2D eigenvalue weighted by atomic mass is 35.5. The fourth-order valence-corrected chi connectivity index (χ4v) is 4.12. The molecule has 1 N–H and O–H groups in total. The highest BCUT2D eigenvalue weighted by molar-refractivity contribution is 6.36. The largest absolute Gasteiger partial charge is 0.325 e. The van der Waals surface area contributed by atoms with Gasteiger partial charge in [0.25, 0.3) is 0 Å². The van der Waals surface area contributed by atoms with Gasteiger partial charge in [-0.05, 0) is 68.6 Å². The predicted octanol–water partition coefficient (Wildman–Crippen LogP) is 6.26. The van der Waals surface area contributed by atoms with Crippen molar-refractivity contribution in [3.8, 4) is 0 Å². The molecule has 2 aliphatic rings.